The summed E-state index contributed by atoms with van der Waals surface area (Å²) in [6.07, 6.45) is 0. The van der Waals surface area contributed by atoms with Crippen molar-refractivity contribution in [1.29, 1.82) is 0 Å². The third kappa shape index (κ3) is 5.10. The maximum Gasteiger partial charge on any atom is 0.327 e. The molecule has 3 aromatic carbocycles. The van der Waals surface area contributed by atoms with Gasteiger partial charge >= 0.3 is 5.97 Å². The van der Waals surface area contributed by atoms with Crippen LogP contribution in [0, 0.1) is 12.7 Å². The Bertz CT molecular complexity index is 1160. The summed E-state index contributed by atoms with van der Waals surface area (Å²) in [6, 6.07) is 21.1. The van der Waals surface area contributed by atoms with E-state index in [1.54, 1.807) is 24.3 Å². The summed E-state index contributed by atoms with van der Waals surface area (Å²) in [5.41, 5.74) is 3.17. The minimum atomic E-state index is -0.489. The van der Waals surface area contributed by atoms with E-state index in [1.807, 2.05) is 54.3 Å². The molecule has 1 fully saturated rings. The van der Waals surface area contributed by atoms with Crippen LogP contribution in [-0.4, -0.2) is 50.1 Å². The van der Waals surface area contributed by atoms with Gasteiger partial charge in [-0.2, -0.15) is 0 Å². The normalized spacial score (nSPS) is 15.0. The molecule has 6 nitrogen and oxygen atoms in total. The molecule has 1 unspecified atom stereocenters. The van der Waals surface area contributed by atoms with Gasteiger partial charge in [-0.1, -0.05) is 48.5 Å². The lowest BCUT2D eigenvalue weighted by Gasteiger charge is -2.39. The molecule has 1 saturated heterocycles. The van der Waals surface area contributed by atoms with Gasteiger partial charge in [-0.05, 0) is 42.3 Å². The van der Waals surface area contributed by atoms with Gasteiger partial charge in [0.1, 0.15) is 11.9 Å². The van der Waals surface area contributed by atoms with E-state index in [2.05, 4.69) is 10.2 Å². The number of hydrogen-bond acceptors (Lipinski definition) is 5. The number of nitrogens with zero attached hydrogens (tertiary/aromatic N) is 2. The van der Waals surface area contributed by atoms with Gasteiger partial charge in [0, 0.05) is 37.4 Å². The molecule has 1 amide bonds. The fourth-order valence-electron chi connectivity index (χ4n) is 4.33. The van der Waals surface area contributed by atoms with Gasteiger partial charge in [-0.25, -0.2) is 9.18 Å². The van der Waals surface area contributed by atoms with Crippen molar-refractivity contribution >= 4 is 23.3 Å². The number of anilines is 2. The molecule has 3 aromatic rings. The van der Waals surface area contributed by atoms with Gasteiger partial charge in [0.25, 0.3) is 5.91 Å². The maximum absolute atomic E-state index is 15.0. The molecule has 4 rings (SSSR count). The van der Waals surface area contributed by atoms with E-state index in [9.17, 15) is 14.0 Å². The van der Waals surface area contributed by atoms with Gasteiger partial charge in [0.05, 0.1) is 12.8 Å². The van der Waals surface area contributed by atoms with Crippen LogP contribution >= 0.6 is 0 Å². The molecule has 1 aliphatic rings. The topological polar surface area (TPSA) is 61.9 Å². The monoisotopic (exact) mass is 461 g/mol. The number of esters is 1. The quantitative estimate of drug-likeness (QED) is 0.551. The maximum atomic E-state index is 15.0. The zero-order valence-corrected chi connectivity index (χ0v) is 19.3. The van der Waals surface area contributed by atoms with Crippen LogP contribution in [0.5, 0.6) is 0 Å². The minimum Gasteiger partial charge on any atom is -0.468 e. The third-order valence-electron chi connectivity index (χ3n) is 6.16. The lowest BCUT2D eigenvalue weighted by Crippen LogP contribution is -2.49. The van der Waals surface area contributed by atoms with Gasteiger partial charge in [-0.3, -0.25) is 9.69 Å². The van der Waals surface area contributed by atoms with Crippen LogP contribution in [0.15, 0.2) is 72.8 Å². The highest BCUT2D eigenvalue weighted by Gasteiger charge is 2.31. The number of rotatable bonds is 6. The number of nitrogens with one attached hydrogen (secondary N) is 1. The van der Waals surface area contributed by atoms with Crippen molar-refractivity contribution in [2.45, 2.75) is 13.0 Å². The van der Waals surface area contributed by atoms with Gasteiger partial charge < -0.3 is 15.0 Å². The number of halogens is 1. The molecule has 1 heterocycles. The van der Waals surface area contributed by atoms with Crippen molar-refractivity contribution in [1.82, 2.24) is 4.90 Å². The second-order valence-electron chi connectivity index (χ2n) is 8.29. The smallest absolute Gasteiger partial charge is 0.327 e. The summed E-state index contributed by atoms with van der Waals surface area (Å²) >= 11 is 0. The summed E-state index contributed by atoms with van der Waals surface area (Å²) in [7, 11) is 1.39. The standard InChI is InChI=1S/C27H28FN3O3/c1-19-8-6-7-11-22(19)26(32)29-21-12-13-24(23(28)18-21)30-14-16-31(17-15-30)25(27(33)34-2)20-9-4-3-5-10-20/h3-13,18,25H,14-17H2,1-2H3,(H,29,32). The second kappa shape index (κ2) is 10.5. The zero-order valence-electron chi connectivity index (χ0n) is 19.3. The van der Waals surface area contributed by atoms with Crippen molar-refractivity contribution < 1.29 is 18.7 Å². The molecule has 0 saturated carbocycles. The highest BCUT2D eigenvalue weighted by atomic mass is 19.1. The molecular weight excluding hydrogens is 433 g/mol. The first-order chi connectivity index (χ1) is 16.5. The molecule has 1 atom stereocenters. The molecule has 0 aromatic heterocycles. The number of methoxy groups -OCH3 is 1. The van der Waals surface area contributed by atoms with E-state index in [4.69, 9.17) is 4.74 Å². The summed E-state index contributed by atoms with van der Waals surface area (Å²) in [4.78, 5) is 29.1. The molecule has 0 radical (unpaired) electrons. The number of hydrogen-bond donors (Lipinski definition) is 1. The van der Waals surface area contributed by atoms with Crippen LogP contribution in [0.1, 0.15) is 27.5 Å². The fraction of sp³-hybridized carbons (Fsp3) is 0.259. The lowest BCUT2D eigenvalue weighted by atomic mass is 10.0. The van der Waals surface area contributed by atoms with E-state index in [0.717, 1.165) is 11.1 Å². The molecule has 0 aliphatic carbocycles. The predicted octanol–water partition coefficient (Wildman–Crippen LogP) is 4.42. The lowest BCUT2D eigenvalue weighted by molar-refractivity contribution is -0.147. The Morgan fingerprint density at radius 1 is 0.941 bits per heavy atom. The van der Waals surface area contributed by atoms with Crippen molar-refractivity contribution in [2.75, 3.05) is 43.5 Å². The Hall–Kier alpha value is -3.71. The first-order valence-corrected chi connectivity index (χ1v) is 11.3. The predicted molar refractivity (Wildman–Crippen MR) is 131 cm³/mol. The second-order valence-corrected chi connectivity index (χ2v) is 8.29. The summed E-state index contributed by atoms with van der Waals surface area (Å²) in [6.45, 7) is 4.15. The number of amides is 1. The van der Waals surface area contributed by atoms with Gasteiger partial charge in [0.15, 0.2) is 0 Å². The number of ether oxygens (including phenoxy) is 1. The van der Waals surface area contributed by atoms with Crippen LogP contribution in [-0.2, 0) is 9.53 Å². The average Bonchev–Trinajstić information content (AvgIpc) is 2.85. The fourth-order valence-corrected chi connectivity index (χ4v) is 4.33. The highest BCUT2D eigenvalue weighted by Crippen LogP contribution is 2.28. The summed E-state index contributed by atoms with van der Waals surface area (Å²) in [5.74, 6) is -0.975. The first-order valence-electron chi connectivity index (χ1n) is 11.3. The molecule has 0 spiro atoms. The highest BCUT2D eigenvalue weighted by molar-refractivity contribution is 6.05. The molecule has 1 aliphatic heterocycles. The number of piperazine rings is 1. The number of aryl methyl sites for hydroxylation is 1. The Labute approximate surface area is 198 Å². The van der Waals surface area contributed by atoms with Crippen LogP contribution in [0.3, 0.4) is 0 Å². The van der Waals surface area contributed by atoms with Crippen LogP contribution in [0.2, 0.25) is 0 Å². The number of carbonyl (C=O) groups excluding carboxylic acids is 2. The van der Waals surface area contributed by atoms with Crippen molar-refractivity contribution in [2.24, 2.45) is 0 Å². The molecular formula is C27H28FN3O3. The van der Waals surface area contributed by atoms with Crippen LogP contribution in [0.25, 0.3) is 0 Å². The van der Waals surface area contributed by atoms with E-state index in [-0.39, 0.29) is 11.9 Å². The molecule has 0 bridgehead atoms. The van der Waals surface area contributed by atoms with Crippen LogP contribution in [0.4, 0.5) is 15.8 Å². The Balaban J connectivity index is 1.43. The SMILES string of the molecule is COC(=O)C(c1ccccc1)N1CCN(c2ccc(NC(=O)c3ccccc3C)cc2F)CC1. The van der Waals surface area contributed by atoms with Crippen molar-refractivity contribution in [3.8, 4) is 0 Å². The van der Waals surface area contributed by atoms with Gasteiger partial charge in [-0.15, -0.1) is 0 Å². The zero-order chi connectivity index (χ0) is 24.1. The Morgan fingerprint density at radius 3 is 2.26 bits per heavy atom. The largest absolute Gasteiger partial charge is 0.468 e. The average molecular weight is 462 g/mol. The molecule has 1 N–H and O–H groups in total. The Kier molecular flexibility index (Phi) is 7.23. The van der Waals surface area contributed by atoms with Crippen molar-refractivity contribution in [3.63, 3.8) is 0 Å². The van der Waals surface area contributed by atoms with Gasteiger partial charge in [0.2, 0.25) is 0 Å². The summed E-state index contributed by atoms with van der Waals surface area (Å²) in [5, 5.41) is 2.77. The van der Waals surface area contributed by atoms with Crippen molar-refractivity contribution in [3.05, 3.63) is 95.3 Å². The van der Waals surface area contributed by atoms with E-state index >= 15 is 0 Å². The Morgan fingerprint density at radius 2 is 1.62 bits per heavy atom. The first kappa shape index (κ1) is 23.4. The minimum absolute atomic E-state index is 0.270. The molecule has 176 valence electrons. The number of carbonyl (C=O) groups is 2. The van der Waals surface area contributed by atoms with E-state index < -0.39 is 11.9 Å². The van der Waals surface area contributed by atoms with E-state index in [0.29, 0.717) is 43.1 Å². The third-order valence-corrected chi connectivity index (χ3v) is 6.16. The summed E-state index contributed by atoms with van der Waals surface area (Å²) < 4.78 is 20.0. The number of benzene rings is 3. The molecule has 34 heavy (non-hydrogen) atoms. The van der Waals surface area contributed by atoms with Crippen LogP contribution < -0.4 is 10.2 Å². The molecule has 7 heteroatoms. The van der Waals surface area contributed by atoms with E-state index in [1.165, 1.54) is 13.2 Å².